The highest BCUT2D eigenvalue weighted by Gasteiger charge is 1.98. The summed E-state index contributed by atoms with van der Waals surface area (Å²) in [6.07, 6.45) is 2.89. The second-order valence-electron chi connectivity index (χ2n) is 4.11. The Hall–Kier alpha value is -0.890. The van der Waals surface area contributed by atoms with E-state index < -0.39 is 0 Å². The molecule has 0 aliphatic rings. The highest BCUT2D eigenvalue weighted by Crippen LogP contribution is 2.02. The lowest BCUT2D eigenvalue weighted by molar-refractivity contribution is 0.552. The molecular weight excluding hydrogens is 172 g/mol. The van der Waals surface area contributed by atoms with Crippen molar-refractivity contribution in [2.24, 2.45) is 5.92 Å². The quantitative estimate of drug-likeness (QED) is 0.723. The minimum absolute atomic E-state index is 0.722. The lowest BCUT2D eigenvalue weighted by Crippen LogP contribution is -2.22. The molecule has 0 atom stereocenters. The first kappa shape index (κ1) is 11.2. The van der Waals surface area contributed by atoms with Crippen LogP contribution in [-0.4, -0.2) is 18.1 Å². The molecule has 2 heteroatoms. The van der Waals surface area contributed by atoms with Crippen LogP contribution in [0.4, 0.5) is 0 Å². The molecule has 0 saturated heterocycles. The highest BCUT2D eigenvalue weighted by atomic mass is 14.9. The SMILES string of the molecule is Cc1cccnc1CCNCC(C)C. The molecule has 0 aliphatic carbocycles. The van der Waals surface area contributed by atoms with Gasteiger partial charge in [-0.15, -0.1) is 0 Å². The van der Waals surface area contributed by atoms with Gasteiger partial charge in [0.15, 0.2) is 0 Å². The molecule has 14 heavy (non-hydrogen) atoms. The van der Waals surface area contributed by atoms with Crippen molar-refractivity contribution in [1.29, 1.82) is 0 Å². The number of aromatic nitrogens is 1. The molecule has 0 aromatic carbocycles. The molecule has 0 aliphatic heterocycles. The van der Waals surface area contributed by atoms with Crippen LogP contribution in [0.25, 0.3) is 0 Å². The zero-order valence-corrected chi connectivity index (χ0v) is 9.38. The molecule has 0 bridgehead atoms. The fraction of sp³-hybridized carbons (Fsp3) is 0.583. The van der Waals surface area contributed by atoms with Crippen LogP contribution >= 0.6 is 0 Å². The fourth-order valence-electron chi connectivity index (χ4n) is 1.38. The Morgan fingerprint density at radius 1 is 1.43 bits per heavy atom. The van der Waals surface area contributed by atoms with Crippen molar-refractivity contribution in [3.63, 3.8) is 0 Å². The van der Waals surface area contributed by atoms with Crippen molar-refractivity contribution >= 4 is 0 Å². The topological polar surface area (TPSA) is 24.9 Å². The summed E-state index contributed by atoms with van der Waals surface area (Å²) < 4.78 is 0. The van der Waals surface area contributed by atoms with Gasteiger partial charge in [-0.25, -0.2) is 0 Å². The molecule has 0 radical (unpaired) electrons. The Kier molecular flexibility index (Phi) is 4.60. The van der Waals surface area contributed by atoms with E-state index in [2.05, 4.69) is 37.1 Å². The molecule has 1 aromatic rings. The molecule has 1 N–H and O–H groups in total. The number of rotatable bonds is 5. The third-order valence-corrected chi connectivity index (χ3v) is 2.21. The predicted octanol–water partition coefficient (Wildman–Crippen LogP) is 2.18. The van der Waals surface area contributed by atoms with Crippen LogP contribution in [0.5, 0.6) is 0 Å². The molecule has 0 unspecified atom stereocenters. The van der Waals surface area contributed by atoms with Crippen LogP contribution in [0.1, 0.15) is 25.1 Å². The van der Waals surface area contributed by atoms with Crippen LogP contribution in [0.2, 0.25) is 0 Å². The Labute approximate surface area is 86.8 Å². The van der Waals surface area contributed by atoms with Crippen LogP contribution in [0.15, 0.2) is 18.3 Å². The van der Waals surface area contributed by atoms with Gasteiger partial charge in [0.25, 0.3) is 0 Å². The monoisotopic (exact) mass is 192 g/mol. The molecule has 78 valence electrons. The summed E-state index contributed by atoms with van der Waals surface area (Å²) in [5.41, 5.74) is 2.50. The van der Waals surface area contributed by atoms with E-state index in [0.29, 0.717) is 0 Å². The summed E-state index contributed by atoms with van der Waals surface area (Å²) >= 11 is 0. The first-order valence-corrected chi connectivity index (χ1v) is 5.31. The van der Waals surface area contributed by atoms with E-state index >= 15 is 0 Å². The Morgan fingerprint density at radius 3 is 2.86 bits per heavy atom. The van der Waals surface area contributed by atoms with Crippen molar-refractivity contribution in [3.05, 3.63) is 29.6 Å². The Morgan fingerprint density at radius 2 is 2.21 bits per heavy atom. The average molecular weight is 192 g/mol. The Bertz CT molecular complexity index is 269. The second-order valence-corrected chi connectivity index (χ2v) is 4.11. The summed E-state index contributed by atoms with van der Waals surface area (Å²) in [5, 5.41) is 3.42. The number of pyridine rings is 1. The van der Waals surface area contributed by atoms with Crippen molar-refractivity contribution in [2.45, 2.75) is 27.2 Å². The van der Waals surface area contributed by atoms with Gasteiger partial charge in [-0.2, -0.15) is 0 Å². The third kappa shape index (κ3) is 3.88. The zero-order valence-electron chi connectivity index (χ0n) is 9.38. The van der Waals surface area contributed by atoms with Crippen molar-refractivity contribution < 1.29 is 0 Å². The van der Waals surface area contributed by atoms with Crippen LogP contribution < -0.4 is 5.32 Å². The minimum Gasteiger partial charge on any atom is -0.316 e. The molecule has 0 fully saturated rings. The summed E-state index contributed by atoms with van der Waals surface area (Å²) in [7, 11) is 0. The summed E-state index contributed by atoms with van der Waals surface area (Å²) in [5.74, 6) is 0.722. The summed E-state index contributed by atoms with van der Waals surface area (Å²) in [4.78, 5) is 4.35. The highest BCUT2D eigenvalue weighted by molar-refractivity contribution is 5.17. The maximum atomic E-state index is 4.35. The first-order valence-electron chi connectivity index (χ1n) is 5.31. The van der Waals surface area contributed by atoms with E-state index in [0.717, 1.165) is 25.4 Å². The Balaban J connectivity index is 2.28. The average Bonchev–Trinajstić information content (AvgIpc) is 2.15. The van der Waals surface area contributed by atoms with E-state index in [-0.39, 0.29) is 0 Å². The molecule has 0 amide bonds. The molecule has 2 nitrogen and oxygen atoms in total. The third-order valence-electron chi connectivity index (χ3n) is 2.21. The van der Waals surface area contributed by atoms with E-state index in [1.165, 1.54) is 11.3 Å². The van der Waals surface area contributed by atoms with E-state index in [9.17, 15) is 0 Å². The summed E-state index contributed by atoms with van der Waals surface area (Å²) in [6.45, 7) is 8.67. The van der Waals surface area contributed by atoms with Gasteiger partial charge < -0.3 is 5.32 Å². The lowest BCUT2D eigenvalue weighted by Gasteiger charge is -2.07. The first-order chi connectivity index (χ1) is 6.70. The van der Waals surface area contributed by atoms with Crippen molar-refractivity contribution in [3.8, 4) is 0 Å². The molecule has 1 rings (SSSR count). The van der Waals surface area contributed by atoms with E-state index in [4.69, 9.17) is 0 Å². The largest absolute Gasteiger partial charge is 0.316 e. The van der Waals surface area contributed by atoms with Crippen LogP contribution in [0.3, 0.4) is 0 Å². The van der Waals surface area contributed by atoms with Gasteiger partial charge in [0.2, 0.25) is 0 Å². The van der Waals surface area contributed by atoms with Crippen LogP contribution in [0, 0.1) is 12.8 Å². The van der Waals surface area contributed by atoms with Gasteiger partial charge in [0.05, 0.1) is 0 Å². The lowest BCUT2D eigenvalue weighted by atomic mass is 10.1. The zero-order chi connectivity index (χ0) is 10.4. The molecule has 0 saturated carbocycles. The number of hydrogen-bond donors (Lipinski definition) is 1. The van der Waals surface area contributed by atoms with Crippen LogP contribution in [-0.2, 0) is 6.42 Å². The van der Waals surface area contributed by atoms with Gasteiger partial charge in [-0.1, -0.05) is 19.9 Å². The predicted molar refractivity (Wildman–Crippen MR) is 60.4 cm³/mol. The molecule has 0 spiro atoms. The fourth-order valence-corrected chi connectivity index (χ4v) is 1.38. The molecular formula is C12H20N2. The van der Waals surface area contributed by atoms with Gasteiger partial charge in [-0.05, 0) is 31.0 Å². The second kappa shape index (κ2) is 5.76. The minimum atomic E-state index is 0.722. The van der Waals surface area contributed by atoms with Gasteiger partial charge in [0, 0.05) is 24.9 Å². The van der Waals surface area contributed by atoms with Crippen molar-refractivity contribution in [2.75, 3.05) is 13.1 Å². The molecule has 1 heterocycles. The summed E-state index contributed by atoms with van der Waals surface area (Å²) in [6, 6.07) is 4.10. The number of nitrogens with one attached hydrogen (secondary N) is 1. The van der Waals surface area contributed by atoms with E-state index in [1.807, 2.05) is 12.3 Å². The van der Waals surface area contributed by atoms with Gasteiger partial charge in [-0.3, -0.25) is 4.98 Å². The van der Waals surface area contributed by atoms with Gasteiger partial charge in [0.1, 0.15) is 0 Å². The smallest absolute Gasteiger partial charge is 0.0445 e. The van der Waals surface area contributed by atoms with Crippen molar-refractivity contribution in [1.82, 2.24) is 10.3 Å². The number of nitrogens with zero attached hydrogens (tertiary/aromatic N) is 1. The number of hydrogen-bond acceptors (Lipinski definition) is 2. The normalized spacial score (nSPS) is 10.9. The molecule has 1 aromatic heterocycles. The maximum absolute atomic E-state index is 4.35. The maximum Gasteiger partial charge on any atom is 0.0445 e. The van der Waals surface area contributed by atoms with Gasteiger partial charge >= 0.3 is 0 Å². The number of aryl methyl sites for hydroxylation is 1. The van der Waals surface area contributed by atoms with E-state index in [1.54, 1.807) is 0 Å². The standard InChI is InChI=1S/C12H20N2/c1-10(2)9-13-8-6-12-11(3)5-4-7-14-12/h4-5,7,10,13H,6,8-9H2,1-3H3.